The van der Waals surface area contributed by atoms with E-state index in [-0.39, 0.29) is 18.5 Å². The highest BCUT2D eigenvalue weighted by Gasteiger charge is 2.55. The van der Waals surface area contributed by atoms with Crippen molar-refractivity contribution in [1.29, 1.82) is 0 Å². The van der Waals surface area contributed by atoms with Crippen LogP contribution < -0.4 is 5.32 Å². The molecule has 1 saturated carbocycles. The van der Waals surface area contributed by atoms with Gasteiger partial charge >= 0.3 is 6.03 Å². The van der Waals surface area contributed by atoms with E-state index in [1.54, 1.807) is 6.92 Å². The molecular weight excluding hydrogens is 184 g/mol. The number of nitrogens with one attached hydrogen (secondary N) is 1. The van der Waals surface area contributed by atoms with Crippen LogP contribution in [0.4, 0.5) is 4.79 Å². The summed E-state index contributed by atoms with van der Waals surface area (Å²) in [7, 11) is 0. The van der Waals surface area contributed by atoms with E-state index >= 15 is 0 Å². The summed E-state index contributed by atoms with van der Waals surface area (Å²) < 4.78 is 0. The molecular formula is C9H14N2O3. The van der Waals surface area contributed by atoms with Gasteiger partial charge in [0.25, 0.3) is 5.91 Å². The van der Waals surface area contributed by atoms with Crippen molar-refractivity contribution >= 4 is 11.9 Å². The third kappa shape index (κ3) is 1.05. The number of carbonyl (C=O) groups is 2. The molecule has 0 aromatic rings. The molecule has 78 valence electrons. The van der Waals surface area contributed by atoms with Crippen LogP contribution in [0.25, 0.3) is 0 Å². The predicted molar refractivity (Wildman–Crippen MR) is 48.5 cm³/mol. The van der Waals surface area contributed by atoms with Gasteiger partial charge in [0.1, 0.15) is 5.54 Å². The number of carbonyl (C=O) groups excluding carboxylic acids is 2. The Morgan fingerprint density at radius 3 is 2.57 bits per heavy atom. The molecule has 5 nitrogen and oxygen atoms in total. The molecule has 3 amide bonds. The number of aliphatic hydroxyl groups excluding tert-OH is 1. The Bertz CT molecular complexity index is 286. The molecule has 1 atom stereocenters. The molecule has 1 saturated heterocycles. The van der Waals surface area contributed by atoms with Crippen LogP contribution in [0.2, 0.25) is 0 Å². The molecule has 0 aromatic heterocycles. The minimum atomic E-state index is -0.624. The molecule has 0 aromatic carbocycles. The van der Waals surface area contributed by atoms with Gasteiger partial charge in [-0.25, -0.2) is 4.79 Å². The van der Waals surface area contributed by atoms with E-state index in [0.29, 0.717) is 0 Å². The molecule has 2 fully saturated rings. The van der Waals surface area contributed by atoms with Gasteiger partial charge in [-0.05, 0) is 26.2 Å². The molecule has 2 N–H and O–H groups in total. The number of hydrogen-bond acceptors (Lipinski definition) is 3. The van der Waals surface area contributed by atoms with Crippen LogP contribution in [0.5, 0.6) is 0 Å². The number of rotatable bonds is 2. The van der Waals surface area contributed by atoms with Gasteiger partial charge in [-0.1, -0.05) is 0 Å². The van der Waals surface area contributed by atoms with Gasteiger partial charge in [-0.15, -0.1) is 0 Å². The molecule has 1 heterocycles. The van der Waals surface area contributed by atoms with Crippen molar-refractivity contribution in [2.24, 2.45) is 0 Å². The molecule has 1 aliphatic carbocycles. The molecule has 14 heavy (non-hydrogen) atoms. The maximum absolute atomic E-state index is 11.9. The van der Waals surface area contributed by atoms with Gasteiger partial charge < -0.3 is 10.4 Å². The number of nitrogens with zero attached hydrogens (tertiary/aromatic N) is 1. The van der Waals surface area contributed by atoms with E-state index in [4.69, 9.17) is 5.11 Å². The topological polar surface area (TPSA) is 69.6 Å². The van der Waals surface area contributed by atoms with Gasteiger partial charge in [-0.2, -0.15) is 0 Å². The second kappa shape index (κ2) is 2.95. The van der Waals surface area contributed by atoms with Crippen LogP contribution >= 0.6 is 0 Å². The zero-order chi connectivity index (χ0) is 10.3. The van der Waals surface area contributed by atoms with E-state index in [1.807, 2.05) is 0 Å². The largest absolute Gasteiger partial charge is 0.394 e. The standard InChI is InChI=1S/C9H14N2O3/c1-6(5-12)11-7(13)9(3-2-4-9)10-8(11)14/h6,12H,2-5H2,1H3,(H,10,14). The zero-order valence-electron chi connectivity index (χ0n) is 8.12. The van der Waals surface area contributed by atoms with Crippen LogP contribution in [0.1, 0.15) is 26.2 Å². The van der Waals surface area contributed by atoms with Crippen molar-refractivity contribution in [2.75, 3.05) is 6.61 Å². The number of imide groups is 1. The van der Waals surface area contributed by atoms with Crippen molar-refractivity contribution < 1.29 is 14.7 Å². The van der Waals surface area contributed by atoms with Crippen molar-refractivity contribution in [1.82, 2.24) is 10.2 Å². The number of hydrogen-bond donors (Lipinski definition) is 2. The number of urea groups is 1. The summed E-state index contributed by atoms with van der Waals surface area (Å²) in [6, 6.07) is -0.793. The molecule has 2 aliphatic rings. The van der Waals surface area contributed by atoms with E-state index in [9.17, 15) is 9.59 Å². The van der Waals surface area contributed by atoms with Crippen molar-refractivity contribution in [3.05, 3.63) is 0 Å². The fraction of sp³-hybridized carbons (Fsp3) is 0.778. The average molecular weight is 198 g/mol. The maximum Gasteiger partial charge on any atom is 0.325 e. The zero-order valence-corrected chi connectivity index (χ0v) is 8.12. The minimum Gasteiger partial charge on any atom is -0.394 e. The molecule has 0 radical (unpaired) electrons. The minimum absolute atomic E-state index is 0.171. The highest BCUT2D eigenvalue weighted by atomic mass is 16.3. The van der Waals surface area contributed by atoms with E-state index in [2.05, 4.69) is 5.32 Å². The Morgan fingerprint density at radius 1 is 1.57 bits per heavy atom. The maximum atomic E-state index is 11.9. The molecule has 5 heteroatoms. The molecule has 1 aliphatic heterocycles. The smallest absolute Gasteiger partial charge is 0.325 e. The van der Waals surface area contributed by atoms with Crippen molar-refractivity contribution in [3.63, 3.8) is 0 Å². The Labute approximate surface area is 82.1 Å². The van der Waals surface area contributed by atoms with Crippen molar-refractivity contribution in [2.45, 2.75) is 37.8 Å². The van der Waals surface area contributed by atoms with E-state index in [0.717, 1.165) is 24.2 Å². The van der Waals surface area contributed by atoms with Gasteiger partial charge in [0.2, 0.25) is 0 Å². The van der Waals surface area contributed by atoms with Crippen molar-refractivity contribution in [3.8, 4) is 0 Å². The first-order chi connectivity index (χ1) is 6.60. The summed E-state index contributed by atoms with van der Waals surface area (Å²) >= 11 is 0. The van der Waals surface area contributed by atoms with Gasteiger partial charge in [0.05, 0.1) is 12.6 Å². The second-order valence-electron chi connectivity index (χ2n) is 4.07. The van der Waals surface area contributed by atoms with E-state index < -0.39 is 11.6 Å². The van der Waals surface area contributed by atoms with Gasteiger partial charge in [-0.3, -0.25) is 9.69 Å². The summed E-state index contributed by atoms with van der Waals surface area (Å²) in [6.45, 7) is 1.48. The highest BCUT2D eigenvalue weighted by Crippen LogP contribution is 2.37. The first-order valence-corrected chi connectivity index (χ1v) is 4.87. The second-order valence-corrected chi connectivity index (χ2v) is 4.07. The van der Waals surface area contributed by atoms with E-state index in [1.165, 1.54) is 0 Å². The SMILES string of the molecule is CC(CO)N1C(=O)NC2(CCC2)C1=O. The normalized spacial score (nSPS) is 26.3. The lowest BCUT2D eigenvalue weighted by molar-refractivity contribution is -0.135. The van der Waals surface area contributed by atoms with Crippen LogP contribution in [-0.2, 0) is 4.79 Å². The predicted octanol–water partition coefficient (Wildman–Crippen LogP) is -0.158. The lowest BCUT2D eigenvalue weighted by Crippen LogP contribution is -2.53. The van der Waals surface area contributed by atoms with Crippen LogP contribution in [-0.4, -0.2) is 40.1 Å². The Hall–Kier alpha value is -1.10. The Morgan fingerprint density at radius 2 is 2.21 bits per heavy atom. The summed E-state index contributed by atoms with van der Waals surface area (Å²) in [4.78, 5) is 24.5. The van der Waals surface area contributed by atoms with Crippen LogP contribution in [0, 0.1) is 0 Å². The fourth-order valence-corrected chi connectivity index (χ4v) is 1.99. The monoisotopic (exact) mass is 198 g/mol. The van der Waals surface area contributed by atoms with Gasteiger partial charge in [0, 0.05) is 0 Å². The van der Waals surface area contributed by atoms with Crippen LogP contribution in [0.15, 0.2) is 0 Å². The Balaban J connectivity index is 2.20. The van der Waals surface area contributed by atoms with Crippen LogP contribution in [0.3, 0.4) is 0 Å². The molecule has 1 unspecified atom stereocenters. The highest BCUT2D eigenvalue weighted by molar-refractivity contribution is 6.07. The number of aliphatic hydroxyl groups is 1. The summed E-state index contributed by atoms with van der Waals surface area (Å²) in [6.07, 6.45) is 2.44. The molecule has 1 spiro atoms. The molecule has 0 bridgehead atoms. The fourth-order valence-electron chi connectivity index (χ4n) is 1.99. The summed E-state index contributed by atoms with van der Waals surface area (Å²) in [5, 5.41) is 11.6. The third-order valence-electron chi connectivity index (χ3n) is 3.11. The summed E-state index contributed by atoms with van der Waals surface area (Å²) in [5.74, 6) is -0.171. The number of amides is 3. The quantitative estimate of drug-likeness (QED) is 0.606. The average Bonchev–Trinajstić information content (AvgIpc) is 2.36. The lowest BCUT2D eigenvalue weighted by Gasteiger charge is -2.35. The summed E-state index contributed by atoms with van der Waals surface area (Å²) in [5.41, 5.74) is -0.624. The Kier molecular flexibility index (Phi) is 1.99. The van der Waals surface area contributed by atoms with Gasteiger partial charge in [0.15, 0.2) is 0 Å². The first kappa shape index (κ1) is 9.45. The third-order valence-corrected chi connectivity index (χ3v) is 3.11. The first-order valence-electron chi connectivity index (χ1n) is 4.87. The molecule has 2 rings (SSSR count). The lowest BCUT2D eigenvalue weighted by atomic mass is 9.77.